The molecule has 0 heterocycles. The number of unbranched alkanes of at least 4 members (excludes halogenated alkanes) is 9. The highest BCUT2D eigenvalue weighted by molar-refractivity contribution is 9.09. The largest absolute Gasteiger partial charge is 0.466 e. The summed E-state index contributed by atoms with van der Waals surface area (Å²) in [4.78, 5) is 11.6. The van der Waals surface area contributed by atoms with Gasteiger partial charge in [-0.15, -0.1) is 0 Å². The lowest BCUT2D eigenvalue weighted by molar-refractivity contribution is -0.144. The zero-order valence-electron chi connectivity index (χ0n) is 15.0. The summed E-state index contributed by atoms with van der Waals surface area (Å²) in [6.07, 6.45) is 14.7. The van der Waals surface area contributed by atoms with Crippen molar-refractivity contribution >= 4 is 21.9 Å². The average molecular weight is 393 g/mol. The van der Waals surface area contributed by atoms with E-state index in [4.69, 9.17) is 4.74 Å². The summed E-state index contributed by atoms with van der Waals surface area (Å²) < 4.78 is 5.19. The summed E-state index contributed by atoms with van der Waals surface area (Å²) in [7, 11) is 0. The van der Waals surface area contributed by atoms with E-state index in [2.05, 4.69) is 22.9 Å². The van der Waals surface area contributed by atoms with Crippen LogP contribution in [0.2, 0.25) is 0 Å². The molecule has 0 aliphatic carbocycles. The van der Waals surface area contributed by atoms with Crippen LogP contribution < -0.4 is 0 Å². The number of carbonyl (C=O) groups excluding carboxylic acids is 1. The Kier molecular flexibility index (Phi) is 18.2. The quantitative estimate of drug-likeness (QED) is 0.194. The molecule has 0 aromatic carbocycles. The first kappa shape index (κ1) is 22.9. The van der Waals surface area contributed by atoms with Gasteiger partial charge in [0.05, 0.1) is 12.7 Å². The molecular weight excluding hydrogens is 356 g/mol. The minimum Gasteiger partial charge on any atom is -0.466 e. The predicted octanol–water partition coefficient (Wildman–Crippen LogP) is 5.77. The molecule has 0 aliphatic rings. The molecule has 0 saturated carbocycles. The minimum absolute atomic E-state index is 0.114. The minimum atomic E-state index is -0.321. The molecular formula is C19H37BrO3. The van der Waals surface area contributed by atoms with Gasteiger partial charge >= 0.3 is 5.97 Å². The monoisotopic (exact) mass is 392 g/mol. The van der Waals surface area contributed by atoms with Gasteiger partial charge in [-0.1, -0.05) is 80.6 Å². The van der Waals surface area contributed by atoms with Crippen LogP contribution in [0, 0.1) is 0 Å². The fourth-order valence-electron chi connectivity index (χ4n) is 2.58. The first-order chi connectivity index (χ1) is 11.2. The van der Waals surface area contributed by atoms with Gasteiger partial charge in [0.1, 0.15) is 0 Å². The van der Waals surface area contributed by atoms with Gasteiger partial charge in [0, 0.05) is 18.2 Å². The molecule has 0 rings (SSSR count). The summed E-state index contributed by atoms with van der Waals surface area (Å²) >= 11 is 3.42. The summed E-state index contributed by atoms with van der Waals surface area (Å²) in [6.45, 7) is 2.58. The molecule has 138 valence electrons. The maximum Gasteiger partial charge on any atom is 0.305 e. The highest BCUT2D eigenvalue weighted by Crippen LogP contribution is 2.11. The molecule has 0 aliphatic heterocycles. The summed E-state index contributed by atoms with van der Waals surface area (Å²) in [5, 5.41) is 10.9. The van der Waals surface area contributed by atoms with Crippen LogP contribution in [0.1, 0.15) is 96.8 Å². The van der Waals surface area contributed by atoms with E-state index < -0.39 is 0 Å². The van der Waals surface area contributed by atoms with E-state index in [1.807, 2.05) is 0 Å². The van der Waals surface area contributed by atoms with Crippen molar-refractivity contribution < 1.29 is 14.6 Å². The number of aliphatic hydroxyl groups excluding tert-OH is 1. The lowest BCUT2D eigenvalue weighted by atomic mass is 10.1. The van der Waals surface area contributed by atoms with Crippen LogP contribution in [0.25, 0.3) is 0 Å². The molecule has 1 N–H and O–H groups in total. The zero-order chi connectivity index (χ0) is 17.2. The van der Waals surface area contributed by atoms with Crippen LogP contribution in [0.4, 0.5) is 0 Å². The molecule has 4 heteroatoms. The Bertz CT molecular complexity index is 259. The predicted molar refractivity (Wildman–Crippen MR) is 101 cm³/mol. The molecule has 1 unspecified atom stereocenters. The van der Waals surface area contributed by atoms with E-state index in [9.17, 15) is 9.90 Å². The van der Waals surface area contributed by atoms with Crippen LogP contribution in [0.3, 0.4) is 0 Å². The van der Waals surface area contributed by atoms with Gasteiger partial charge in [-0.2, -0.15) is 0 Å². The third-order valence-electron chi connectivity index (χ3n) is 4.12. The van der Waals surface area contributed by atoms with Gasteiger partial charge in [-0.05, 0) is 19.3 Å². The topological polar surface area (TPSA) is 46.5 Å². The number of hydrogen-bond acceptors (Lipinski definition) is 3. The Morgan fingerprint density at radius 3 is 2.22 bits per heavy atom. The molecule has 0 spiro atoms. The molecule has 0 aromatic heterocycles. The Hall–Kier alpha value is -0.0900. The number of alkyl halides is 1. The normalized spacial score (nSPS) is 12.3. The van der Waals surface area contributed by atoms with E-state index in [-0.39, 0.29) is 12.1 Å². The van der Waals surface area contributed by atoms with Gasteiger partial charge in [0.25, 0.3) is 0 Å². The third kappa shape index (κ3) is 18.1. The van der Waals surface area contributed by atoms with Crippen molar-refractivity contribution in [3.63, 3.8) is 0 Å². The Balaban J connectivity index is 3.32. The first-order valence-electron chi connectivity index (χ1n) is 9.60. The number of aliphatic hydroxyl groups is 1. The highest BCUT2D eigenvalue weighted by atomic mass is 79.9. The fourth-order valence-corrected chi connectivity index (χ4v) is 2.98. The standard InChI is InChI=1S/C19H37BrO3/c1-2-3-4-5-7-10-13-18(21)15-17-23-19(22)14-11-8-6-9-12-16-20/h18,21H,2-17H2,1H3. The fraction of sp³-hybridized carbons (Fsp3) is 0.947. The van der Waals surface area contributed by atoms with Gasteiger partial charge in [-0.25, -0.2) is 0 Å². The van der Waals surface area contributed by atoms with E-state index in [1.165, 1.54) is 51.4 Å². The molecule has 1 atom stereocenters. The summed E-state index contributed by atoms with van der Waals surface area (Å²) in [5.74, 6) is -0.114. The van der Waals surface area contributed by atoms with E-state index in [0.717, 1.165) is 31.0 Å². The van der Waals surface area contributed by atoms with Crippen molar-refractivity contribution in [2.75, 3.05) is 11.9 Å². The number of rotatable bonds is 17. The summed E-state index contributed by atoms with van der Waals surface area (Å²) in [6, 6.07) is 0. The van der Waals surface area contributed by atoms with E-state index >= 15 is 0 Å². The van der Waals surface area contributed by atoms with Crippen LogP contribution >= 0.6 is 15.9 Å². The Labute approximate surface area is 151 Å². The smallest absolute Gasteiger partial charge is 0.305 e. The molecule has 0 fully saturated rings. The Morgan fingerprint density at radius 1 is 0.913 bits per heavy atom. The molecule has 0 bridgehead atoms. The average Bonchev–Trinajstić information content (AvgIpc) is 2.54. The van der Waals surface area contributed by atoms with Crippen molar-refractivity contribution in [2.45, 2.75) is 103 Å². The molecule has 0 aromatic rings. The zero-order valence-corrected chi connectivity index (χ0v) is 16.6. The number of halogens is 1. The second-order valence-corrected chi connectivity index (χ2v) is 7.22. The van der Waals surface area contributed by atoms with Gasteiger partial charge in [-0.3, -0.25) is 4.79 Å². The SMILES string of the molecule is CCCCCCCCC(O)CCOC(=O)CCCCCCCBr. The van der Waals surface area contributed by atoms with Crippen molar-refractivity contribution in [3.05, 3.63) is 0 Å². The molecule has 3 nitrogen and oxygen atoms in total. The van der Waals surface area contributed by atoms with Crippen LogP contribution in [0.15, 0.2) is 0 Å². The van der Waals surface area contributed by atoms with Crippen LogP contribution in [-0.2, 0) is 9.53 Å². The lowest BCUT2D eigenvalue weighted by Gasteiger charge is -2.11. The highest BCUT2D eigenvalue weighted by Gasteiger charge is 2.07. The maximum atomic E-state index is 11.6. The van der Waals surface area contributed by atoms with E-state index in [1.54, 1.807) is 0 Å². The Morgan fingerprint density at radius 2 is 1.52 bits per heavy atom. The lowest BCUT2D eigenvalue weighted by Crippen LogP contribution is -2.13. The molecule has 0 saturated heterocycles. The van der Waals surface area contributed by atoms with Crippen molar-refractivity contribution in [2.24, 2.45) is 0 Å². The maximum absolute atomic E-state index is 11.6. The molecule has 23 heavy (non-hydrogen) atoms. The van der Waals surface area contributed by atoms with Crippen molar-refractivity contribution in [1.29, 1.82) is 0 Å². The second-order valence-electron chi connectivity index (χ2n) is 6.43. The first-order valence-corrected chi connectivity index (χ1v) is 10.7. The number of hydrogen-bond donors (Lipinski definition) is 1. The van der Waals surface area contributed by atoms with Crippen molar-refractivity contribution in [1.82, 2.24) is 0 Å². The number of esters is 1. The second kappa shape index (κ2) is 18.3. The summed E-state index contributed by atoms with van der Waals surface area (Å²) in [5.41, 5.74) is 0. The number of carbonyl (C=O) groups is 1. The van der Waals surface area contributed by atoms with E-state index in [0.29, 0.717) is 19.4 Å². The van der Waals surface area contributed by atoms with Gasteiger partial charge in [0.2, 0.25) is 0 Å². The van der Waals surface area contributed by atoms with Gasteiger partial charge < -0.3 is 9.84 Å². The number of ether oxygens (including phenoxy) is 1. The van der Waals surface area contributed by atoms with Crippen LogP contribution in [0.5, 0.6) is 0 Å². The molecule has 0 radical (unpaired) electrons. The van der Waals surface area contributed by atoms with Crippen LogP contribution in [-0.4, -0.2) is 29.1 Å². The molecule has 0 amide bonds. The third-order valence-corrected chi connectivity index (χ3v) is 4.68. The van der Waals surface area contributed by atoms with Crippen molar-refractivity contribution in [3.8, 4) is 0 Å². The van der Waals surface area contributed by atoms with Gasteiger partial charge in [0.15, 0.2) is 0 Å².